The van der Waals surface area contributed by atoms with E-state index in [0.29, 0.717) is 11.8 Å². The van der Waals surface area contributed by atoms with Gasteiger partial charge in [0.1, 0.15) is 0 Å². The van der Waals surface area contributed by atoms with Crippen LogP contribution < -0.4 is 10.6 Å². The largest absolute Gasteiger partial charge is 0.351 e. The number of carbonyl (C=O) groups excluding carboxylic acids is 1. The summed E-state index contributed by atoms with van der Waals surface area (Å²) in [5.41, 5.74) is 2.97. The Morgan fingerprint density at radius 1 is 1.30 bits per heavy atom. The predicted octanol–water partition coefficient (Wildman–Crippen LogP) is 2.14. The number of hydrogen-bond donors (Lipinski definition) is 2. The molecular weight excluding hydrogens is 268 g/mol. The Labute approximate surface area is 124 Å². The van der Waals surface area contributed by atoms with Crippen LogP contribution in [0, 0.1) is 0 Å². The highest BCUT2D eigenvalue weighted by Gasteiger charge is 2.16. The van der Waals surface area contributed by atoms with Crippen LogP contribution in [0.3, 0.4) is 0 Å². The molecule has 1 aromatic carbocycles. The number of thioether (sulfide) groups is 1. The first-order chi connectivity index (χ1) is 9.81. The van der Waals surface area contributed by atoms with E-state index in [0.717, 1.165) is 25.9 Å². The van der Waals surface area contributed by atoms with Gasteiger partial charge in [-0.15, -0.1) is 11.8 Å². The summed E-state index contributed by atoms with van der Waals surface area (Å²) in [5, 5.41) is 6.44. The Morgan fingerprint density at radius 3 is 3.05 bits per heavy atom. The molecule has 3 nitrogen and oxygen atoms in total. The second-order valence-electron chi connectivity index (χ2n) is 5.68. The molecule has 1 amide bonds. The minimum Gasteiger partial charge on any atom is -0.351 e. The second-order valence-corrected chi connectivity index (χ2v) is 6.73. The molecule has 0 unspecified atom stereocenters. The number of aryl methyl sites for hydroxylation is 2. The first kappa shape index (κ1) is 14.0. The van der Waals surface area contributed by atoms with E-state index in [4.69, 9.17) is 0 Å². The van der Waals surface area contributed by atoms with Gasteiger partial charge in [0, 0.05) is 17.5 Å². The Morgan fingerprint density at radius 2 is 2.20 bits per heavy atom. The zero-order valence-corrected chi connectivity index (χ0v) is 12.6. The van der Waals surface area contributed by atoms with Gasteiger partial charge in [0.2, 0.25) is 5.91 Å². The summed E-state index contributed by atoms with van der Waals surface area (Å²) >= 11 is 1.65. The Kier molecular flexibility index (Phi) is 4.63. The van der Waals surface area contributed by atoms with Gasteiger partial charge >= 0.3 is 0 Å². The van der Waals surface area contributed by atoms with Crippen LogP contribution in [-0.2, 0) is 17.6 Å². The molecule has 1 saturated heterocycles. The molecule has 1 atom stereocenters. The van der Waals surface area contributed by atoms with Gasteiger partial charge in [0.25, 0.3) is 0 Å². The summed E-state index contributed by atoms with van der Waals surface area (Å²) in [5.74, 6) is 0.680. The Bertz CT molecular complexity index is 483. The SMILES string of the molecule is O=C(CSc1ccc2c(c1)CCC2)N[C@H]1CCCNC1. The highest BCUT2D eigenvalue weighted by molar-refractivity contribution is 8.00. The van der Waals surface area contributed by atoms with E-state index in [1.807, 2.05) is 0 Å². The average molecular weight is 290 g/mol. The van der Waals surface area contributed by atoms with Gasteiger partial charge in [-0.05, 0) is 61.9 Å². The molecule has 20 heavy (non-hydrogen) atoms. The highest BCUT2D eigenvalue weighted by Crippen LogP contribution is 2.27. The lowest BCUT2D eigenvalue weighted by atomic mass is 10.1. The molecule has 3 rings (SSSR count). The molecule has 0 spiro atoms. The molecule has 0 aromatic heterocycles. The average Bonchev–Trinajstić information content (AvgIpc) is 2.93. The number of hydrogen-bond acceptors (Lipinski definition) is 3. The topological polar surface area (TPSA) is 41.1 Å². The van der Waals surface area contributed by atoms with Crippen LogP contribution in [0.2, 0.25) is 0 Å². The van der Waals surface area contributed by atoms with Crippen LogP contribution >= 0.6 is 11.8 Å². The van der Waals surface area contributed by atoms with Crippen LogP contribution in [-0.4, -0.2) is 30.8 Å². The molecular formula is C16H22N2OS. The van der Waals surface area contributed by atoms with Gasteiger partial charge in [-0.3, -0.25) is 4.79 Å². The third kappa shape index (κ3) is 3.55. The summed E-state index contributed by atoms with van der Waals surface area (Å²) in [7, 11) is 0. The van der Waals surface area contributed by atoms with Crippen LogP contribution in [0.25, 0.3) is 0 Å². The maximum atomic E-state index is 12.0. The summed E-state index contributed by atoms with van der Waals surface area (Å²) in [6.07, 6.45) is 5.95. The molecule has 1 aliphatic carbocycles. The van der Waals surface area contributed by atoms with E-state index < -0.39 is 0 Å². The molecule has 108 valence electrons. The predicted molar refractivity (Wildman–Crippen MR) is 83.2 cm³/mol. The van der Waals surface area contributed by atoms with Gasteiger partial charge in [0.15, 0.2) is 0 Å². The maximum absolute atomic E-state index is 12.0. The van der Waals surface area contributed by atoms with Crippen molar-refractivity contribution in [3.8, 4) is 0 Å². The van der Waals surface area contributed by atoms with Gasteiger partial charge in [-0.2, -0.15) is 0 Å². The molecule has 1 fully saturated rings. The lowest BCUT2D eigenvalue weighted by Crippen LogP contribution is -2.46. The number of amides is 1. The summed E-state index contributed by atoms with van der Waals surface area (Å²) in [6.45, 7) is 1.99. The summed E-state index contributed by atoms with van der Waals surface area (Å²) < 4.78 is 0. The van der Waals surface area contributed by atoms with Crippen LogP contribution in [0.4, 0.5) is 0 Å². The fourth-order valence-electron chi connectivity index (χ4n) is 3.03. The third-order valence-corrected chi connectivity index (χ3v) is 5.10. The van der Waals surface area contributed by atoms with Crippen molar-refractivity contribution in [2.24, 2.45) is 0 Å². The van der Waals surface area contributed by atoms with Crippen molar-refractivity contribution >= 4 is 17.7 Å². The molecule has 0 saturated carbocycles. The van der Waals surface area contributed by atoms with Gasteiger partial charge < -0.3 is 10.6 Å². The quantitative estimate of drug-likeness (QED) is 0.835. The van der Waals surface area contributed by atoms with Gasteiger partial charge in [0.05, 0.1) is 5.75 Å². The van der Waals surface area contributed by atoms with Crippen molar-refractivity contribution in [1.82, 2.24) is 10.6 Å². The summed E-state index contributed by atoms with van der Waals surface area (Å²) in [6, 6.07) is 6.97. The van der Waals surface area contributed by atoms with Crippen molar-refractivity contribution in [3.63, 3.8) is 0 Å². The monoisotopic (exact) mass is 290 g/mol. The molecule has 0 radical (unpaired) electrons. The lowest BCUT2D eigenvalue weighted by molar-refractivity contribution is -0.119. The van der Waals surface area contributed by atoms with Crippen molar-refractivity contribution in [1.29, 1.82) is 0 Å². The maximum Gasteiger partial charge on any atom is 0.230 e. The molecule has 2 aliphatic rings. The zero-order valence-electron chi connectivity index (χ0n) is 11.8. The number of rotatable bonds is 4. The Balaban J connectivity index is 1.47. The van der Waals surface area contributed by atoms with Crippen molar-refractivity contribution in [2.75, 3.05) is 18.8 Å². The fourth-order valence-corrected chi connectivity index (χ4v) is 3.80. The standard InChI is InChI=1S/C16H22N2OS/c19-16(18-14-5-2-8-17-10-14)11-20-15-7-6-12-3-1-4-13(12)9-15/h6-7,9,14,17H,1-5,8,10-11H2,(H,18,19)/t14-/m0/s1. The minimum absolute atomic E-state index is 0.157. The normalized spacial score (nSPS) is 21.5. The van der Waals surface area contributed by atoms with E-state index in [1.165, 1.54) is 35.3 Å². The van der Waals surface area contributed by atoms with Crippen LogP contribution in [0.15, 0.2) is 23.1 Å². The molecule has 2 N–H and O–H groups in total. The van der Waals surface area contributed by atoms with Crippen LogP contribution in [0.5, 0.6) is 0 Å². The van der Waals surface area contributed by atoms with Gasteiger partial charge in [-0.25, -0.2) is 0 Å². The fraction of sp³-hybridized carbons (Fsp3) is 0.562. The third-order valence-electron chi connectivity index (χ3n) is 4.10. The molecule has 1 heterocycles. The summed E-state index contributed by atoms with van der Waals surface area (Å²) in [4.78, 5) is 13.2. The highest BCUT2D eigenvalue weighted by atomic mass is 32.2. The first-order valence-corrected chi connectivity index (χ1v) is 8.54. The number of carbonyl (C=O) groups is 1. The number of benzene rings is 1. The number of fused-ring (bicyclic) bond motifs is 1. The van der Waals surface area contributed by atoms with E-state index in [1.54, 1.807) is 11.8 Å². The number of nitrogens with one attached hydrogen (secondary N) is 2. The molecule has 4 heteroatoms. The van der Waals surface area contributed by atoms with Crippen molar-refractivity contribution in [2.45, 2.75) is 43.0 Å². The van der Waals surface area contributed by atoms with E-state index in [-0.39, 0.29) is 5.91 Å². The Hall–Kier alpha value is -1.00. The van der Waals surface area contributed by atoms with Crippen molar-refractivity contribution in [3.05, 3.63) is 29.3 Å². The van der Waals surface area contributed by atoms with Gasteiger partial charge in [-0.1, -0.05) is 6.07 Å². The van der Waals surface area contributed by atoms with E-state index >= 15 is 0 Å². The second kappa shape index (κ2) is 6.64. The minimum atomic E-state index is 0.157. The van der Waals surface area contributed by atoms with Crippen molar-refractivity contribution < 1.29 is 4.79 Å². The van der Waals surface area contributed by atoms with E-state index in [9.17, 15) is 4.79 Å². The molecule has 1 aliphatic heterocycles. The smallest absolute Gasteiger partial charge is 0.230 e. The molecule has 0 bridgehead atoms. The zero-order chi connectivity index (χ0) is 13.8. The van der Waals surface area contributed by atoms with E-state index in [2.05, 4.69) is 28.8 Å². The first-order valence-electron chi connectivity index (χ1n) is 7.56. The molecule has 1 aromatic rings. The van der Waals surface area contributed by atoms with Crippen LogP contribution in [0.1, 0.15) is 30.4 Å². The lowest BCUT2D eigenvalue weighted by Gasteiger charge is -2.23. The number of piperidine rings is 1.